The lowest BCUT2D eigenvalue weighted by molar-refractivity contribution is -0.140. The predicted octanol–water partition coefficient (Wildman–Crippen LogP) is 6.11. The van der Waals surface area contributed by atoms with Crippen molar-refractivity contribution in [2.75, 3.05) is 13.6 Å². The number of H-pyrrole nitrogens is 1. The summed E-state index contributed by atoms with van der Waals surface area (Å²) < 4.78 is 18.5. The van der Waals surface area contributed by atoms with Crippen LogP contribution in [-0.4, -0.2) is 41.1 Å². The first-order valence-electron chi connectivity index (χ1n) is 12.5. The Morgan fingerprint density at radius 1 is 1.18 bits per heavy atom. The van der Waals surface area contributed by atoms with Crippen molar-refractivity contribution in [1.82, 2.24) is 15.2 Å². The Morgan fingerprint density at radius 3 is 2.41 bits per heavy atom. The highest BCUT2D eigenvalue weighted by atomic mass is 19.1. The molecule has 2 aliphatic rings. The van der Waals surface area contributed by atoms with Crippen molar-refractivity contribution in [2.45, 2.75) is 84.8 Å². The number of halogens is 1. The summed E-state index contributed by atoms with van der Waals surface area (Å²) in [5.41, 5.74) is 2.84. The van der Waals surface area contributed by atoms with Crippen LogP contribution in [0.5, 0.6) is 0 Å². The van der Waals surface area contributed by atoms with E-state index in [0.29, 0.717) is 11.8 Å². The summed E-state index contributed by atoms with van der Waals surface area (Å²) in [6.07, 6.45) is 6.14. The van der Waals surface area contributed by atoms with Gasteiger partial charge in [-0.1, -0.05) is 33.1 Å². The summed E-state index contributed by atoms with van der Waals surface area (Å²) >= 11 is 0. The van der Waals surface area contributed by atoms with Crippen molar-refractivity contribution in [1.29, 1.82) is 0 Å². The van der Waals surface area contributed by atoms with Crippen molar-refractivity contribution < 1.29 is 18.7 Å². The van der Waals surface area contributed by atoms with Gasteiger partial charge >= 0.3 is 6.09 Å². The first-order valence-corrected chi connectivity index (χ1v) is 12.5. The SMILES string of the molecule is CC(C)C1c2[nH]c3cc(F)ccc3c2CCN1C(=O)C1CCCCC1.CNC(=O)OC(C)(C)C. The van der Waals surface area contributed by atoms with Crippen LogP contribution in [0.1, 0.15) is 84.0 Å². The van der Waals surface area contributed by atoms with Gasteiger partial charge in [-0.25, -0.2) is 9.18 Å². The number of benzene rings is 1. The summed E-state index contributed by atoms with van der Waals surface area (Å²) in [6.45, 7) is 10.6. The number of fused-ring (bicyclic) bond motifs is 3. The third-order valence-corrected chi connectivity index (χ3v) is 6.61. The molecule has 0 saturated heterocycles. The molecular weight excluding hydrogens is 433 g/mol. The van der Waals surface area contributed by atoms with E-state index in [-0.39, 0.29) is 29.5 Å². The summed E-state index contributed by atoms with van der Waals surface area (Å²) in [6, 6.07) is 5.03. The maximum Gasteiger partial charge on any atom is 0.407 e. The van der Waals surface area contributed by atoms with Gasteiger partial charge in [-0.15, -0.1) is 0 Å². The van der Waals surface area contributed by atoms with E-state index >= 15 is 0 Å². The first kappa shape index (κ1) is 26.0. The third kappa shape index (κ3) is 6.10. The summed E-state index contributed by atoms with van der Waals surface area (Å²) in [5.74, 6) is 0.624. The Bertz CT molecular complexity index is 1000. The second-order valence-electron chi connectivity index (χ2n) is 10.8. The Morgan fingerprint density at radius 2 is 1.85 bits per heavy atom. The summed E-state index contributed by atoms with van der Waals surface area (Å²) in [7, 11) is 1.54. The minimum absolute atomic E-state index is 0.0636. The van der Waals surface area contributed by atoms with Gasteiger partial charge < -0.3 is 19.9 Å². The molecule has 1 fully saturated rings. The van der Waals surface area contributed by atoms with E-state index in [1.165, 1.54) is 37.9 Å². The monoisotopic (exact) mass is 473 g/mol. The average Bonchev–Trinajstić information content (AvgIpc) is 3.14. The molecular formula is C27H40FN3O3. The molecule has 0 radical (unpaired) electrons. The molecule has 188 valence electrons. The molecule has 1 aromatic carbocycles. The van der Waals surface area contributed by atoms with Gasteiger partial charge in [0.25, 0.3) is 0 Å². The number of hydrogen-bond donors (Lipinski definition) is 2. The third-order valence-electron chi connectivity index (χ3n) is 6.61. The van der Waals surface area contributed by atoms with Gasteiger partial charge in [0, 0.05) is 36.1 Å². The Balaban J connectivity index is 0.000000309. The number of nitrogens with one attached hydrogen (secondary N) is 2. The quantitative estimate of drug-likeness (QED) is 0.553. The number of hydrogen-bond acceptors (Lipinski definition) is 3. The molecule has 1 aromatic heterocycles. The Kier molecular flexibility index (Phi) is 8.26. The van der Waals surface area contributed by atoms with E-state index in [2.05, 4.69) is 29.0 Å². The second-order valence-corrected chi connectivity index (χ2v) is 10.8. The highest BCUT2D eigenvalue weighted by Gasteiger charge is 2.37. The standard InChI is InChI=1S/C21H27FN2O.C6H13NO2/c1-13(2)20-19-17(16-9-8-15(22)12-18(16)23-19)10-11-24(20)21(25)14-6-4-3-5-7-14;1-6(2,3)9-5(8)7-4/h8-9,12-14,20,23H,3-7,10-11H2,1-2H3;1-4H3,(H,7,8). The van der Waals surface area contributed by atoms with E-state index in [0.717, 1.165) is 42.4 Å². The molecule has 2 N–H and O–H groups in total. The molecule has 4 rings (SSSR count). The number of aromatic amines is 1. The van der Waals surface area contributed by atoms with Crippen LogP contribution in [0, 0.1) is 17.7 Å². The van der Waals surface area contributed by atoms with Crippen LogP contribution < -0.4 is 5.32 Å². The molecule has 0 bridgehead atoms. The van der Waals surface area contributed by atoms with E-state index in [9.17, 15) is 14.0 Å². The van der Waals surface area contributed by atoms with Gasteiger partial charge in [0.2, 0.25) is 5.91 Å². The molecule has 6 nitrogen and oxygen atoms in total. The zero-order valence-electron chi connectivity index (χ0n) is 21.5. The molecule has 1 aliphatic heterocycles. The van der Waals surface area contributed by atoms with E-state index in [1.54, 1.807) is 6.07 Å². The van der Waals surface area contributed by atoms with Gasteiger partial charge in [-0.3, -0.25) is 4.79 Å². The highest BCUT2D eigenvalue weighted by molar-refractivity contribution is 5.86. The molecule has 2 amide bonds. The molecule has 0 spiro atoms. The van der Waals surface area contributed by atoms with Gasteiger partial charge in [0.1, 0.15) is 11.4 Å². The van der Waals surface area contributed by atoms with Crippen LogP contribution in [-0.2, 0) is 16.0 Å². The second kappa shape index (κ2) is 10.8. The van der Waals surface area contributed by atoms with E-state index in [4.69, 9.17) is 4.74 Å². The van der Waals surface area contributed by atoms with Crippen LogP contribution in [0.4, 0.5) is 9.18 Å². The average molecular weight is 474 g/mol. The van der Waals surface area contributed by atoms with Crippen molar-refractivity contribution in [3.05, 3.63) is 35.3 Å². The first-order chi connectivity index (χ1) is 16.0. The van der Waals surface area contributed by atoms with Gasteiger partial charge in [-0.05, 0) is 69.7 Å². The van der Waals surface area contributed by atoms with E-state index in [1.807, 2.05) is 26.8 Å². The topological polar surface area (TPSA) is 74.4 Å². The number of amides is 2. The van der Waals surface area contributed by atoms with Crippen molar-refractivity contribution in [2.24, 2.45) is 11.8 Å². The lowest BCUT2D eigenvalue weighted by Crippen LogP contribution is -2.45. The van der Waals surface area contributed by atoms with Crippen molar-refractivity contribution in [3.63, 3.8) is 0 Å². The molecule has 1 aliphatic carbocycles. The van der Waals surface area contributed by atoms with Crippen molar-refractivity contribution in [3.8, 4) is 0 Å². The normalized spacial score (nSPS) is 18.8. The maximum absolute atomic E-state index is 13.6. The number of carbonyl (C=O) groups excluding carboxylic acids is 2. The van der Waals surface area contributed by atoms with Gasteiger partial charge in [0.05, 0.1) is 6.04 Å². The fourth-order valence-corrected chi connectivity index (χ4v) is 5.15. The molecule has 34 heavy (non-hydrogen) atoms. The van der Waals surface area contributed by atoms with Crippen LogP contribution in [0.2, 0.25) is 0 Å². The highest BCUT2D eigenvalue weighted by Crippen LogP contribution is 2.40. The number of aromatic nitrogens is 1. The van der Waals surface area contributed by atoms with Gasteiger partial charge in [-0.2, -0.15) is 0 Å². The molecule has 2 aromatic rings. The lowest BCUT2D eigenvalue weighted by Gasteiger charge is -2.40. The van der Waals surface area contributed by atoms with Crippen LogP contribution in [0.15, 0.2) is 18.2 Å². The van der Waals surface area contributed by atoms with Crippen molar-refractivity contribution >= 4 is 22.9 Å². The van der Waals surface area contributed by atoms with E-state index < -0.39 is 0 Å². The predicted molar refractivity (Wildman–Crippen MR) is 133 cm³/mol. The number of ether oxygens (including phenoxy) is 1. The summed E-state index contributed by atoms with van der Waals surface area (Å²) in [4.78, 5) is 29.2. The van der Waals surface area contributed by atoms with Crippen LogP contribution >= 0.6 is 0 Å². The molecule has 2 heterocycles. The van der Waals surface area contributed by atoms with Crippen LogP contribution in [0.3, 0.4) is 0 Å². The largest absolute Gasteiger partial charge is 0.444 e. The number of carbonyl (C=O) groups is 2. The van der Waals surface area contributed by atoms with Crippen LogP contribution in [0.25, 0.3) is 10.9 Å². The Hall–Kier alpha value is -2.57. The fourth-order valence-electron chi connectivity index (χ4n) is 5.15. The zero-order valence-corrected chi connectivity index (χ0v) is 21.5. The minimum atomic E-state index is -0.389. The summed E-state index contributed by atoms with van der Waals surface area (Å²) in [5, 5.41) is 3.46. The molecule has 7 heteroatoms. The zero-order chi connectivity index (χ0) is 25.0. The number of nitrogens with zero attached hydrogens (tertiary/aromatic N) is 1. The molecule has 1 saturated carbocycles. The maximum atomic E-state index is 13.6. The lowest BCUT2D eigenvalue weighted by atomic mass is 9.85. The van der Waals surface area contributed by atoms with Gasteiger partial charge in [0.15, 0.2) is 0 Å². The molecule has 1 atom stereocenters. The smallest absolute Gasteiger partial charge is 0.407 e. The minimum Gasteiger partial charge on any atom is -0.444 e. The number of alkyl carbamates (subject to hydrolysis) is 1. The number of rotatable bonds is 2. The fraction of sp³-hybridized carbons (Fsp3) is 0.630. The Labute approximate surface area is 202 Å². The molecule has 1 unspecified atom stereocenters.